The largest absolute Gasteiger partial charge is 0.439 e. The zero-order chi connectivity index (χ0) is 14.8. The lowest BCUT2D eigenvalue weighted by molar-refractivity contribution is 0.461. The average molecular weight is 303 g/mol. The maximum absolute atomic E-state index is 6.20. The topological polar surface area (TPSA) is 34.1 Å². The van der Waals surface area contributed by atoms with Crippen molar-refractivity contribution in [1.82, 2.24) is 10.3 Å². The molecule has 21 heavy (non-hydrogen) atoms. The smallest absolute Gasteiger partial charge is 0.219 e. The molecule has 1 aliphatic carbocycles. The van der Waals surface area contributed by atoms with Gasteiger partial charge in [-0.05, 0) is 55.5 Å². The van der Waals surface area contributed by atoms with Crippen LogP contribution in [0.25, 0.3) is 0 Å². The molecule has 1 aromatic carbocycles. The highest BCUT2D eigenvalue weighted by molar-refractivity contribution is 6.31. The van der Waals surface area contributed by atoms with Gasteiger partial charge in [-0.1, -0.05) is 17.7 Å². The molecule has 1 aliphatic rings. The van der Waals surface area contributed by atoms with Crippen LogP contribution in [0.15, 0.2) is 30.5 Å². The van der Waals surface area contributed by atoms with Gasteiger partial charge in [0.2, 0.25) is 5.88 Å². The van der Waals surface area contributed by atoms with Crippen molar-refractivity contribution in [3.63, 3.8) is 0 Å². The number of halogens is 1. The summed E-state index contributed by atoms with van der Waals surface area (Å²) in [7, 11) is 0. The lowest BCUT2D eigenvalue weighted by Gasteiger charge is -2.10. The van der Waals surface area contributed by atoms with Crippen molar-refractivity contribution in [1.29, 1.82) is 0 Å². The van der Waals surface area contributed by atoms with Crippen molar-refractivity contribution in [2.45, 2.75) is 39.3 Å². The van der Waals surface area contributed by atoms with E-state index in [4.69, 9.17) is 16.3 Å². The summed E-state index contributed by atoms with van der Waals surface area (Å²) in [6.45, 7) is 4.87. The van der Waals surface area contributed by atoms with Crippen LogP contribution in [0.1, 0.15) is 29.5 Å². The molecule has 1 fully saturated rings. The Bertz CT molecular complexity index is 633. The van der Waals surface area contributed by atoms with Gasteiger partial charge in [-0.3, -0.25) is 0 Å². The maximum Gasteiger partial charge on any atom is 0.219 e. The Labute approximate surface area is 130 Å². The maximum atomic E-state index is 6.20. The first-order valence-electron chi connectivity index (χ1n) is 7.24. The highest BCUT2D eigenvalue weighted by Crippen LogP contribution is 2.26. The Morgan fingerprint density at radius 1 is 1.19 bits per heavy atom. The normalized spacial score (nSPS) is 14.2. The third-order valence-corrected chi connectivity index (χ3v) is 3.83. The first-order chi connectivity index (χ1) is 10.1. The van der Waals surface area contributed by atoms with Crippen LogP contribution in [-0.2, 0) is 6.54 Å². The monoisotopic (exact) mass is 302 g/mol. The number of pyridine rings is 1. The van der Waals surface area contributed by atoms with Crippen molar-refractivity contribution in [2.75, 3.05) is 0 Å². The lowest BCUT2D eigenvalue weighted by Crippen LogP contribution is -2.15. The predicted octanol–water partition coefficient (Wildman–Crippen LogP) is 4.40. The SMILES string of the molecule is Cc1cc(C)cc(Oc2cc(CNC3CC3)c(Cl)cn2)c1. The van der Waals surface area contributed by atoms with Crippen LogP contribution >= 0.6 is 11.6 Å². The highest BCUT2D eigenvalue weighted by Gasteiger charge is 2.20. The summed E-state index contributed by atoms with van der Waals surface area (Å²) in [4.78, 5) is 4.25. The molecule has 3 nitrogen and oxygen atoms in total. The molecule has 4 heteroatoms. The quantitative estimate of drug-likeness (QED) is 0.889. The predicted molar refractivity (Wildman–Crippen MR) is 85.1 cm³/mol. The van der Waals surface area contributed by atoms with Gasteiger partial charge >= 0.3 is 0 Å². The second-order valence-electron chi connectivity index (χ2n) is 5.69. The number of aryl methyl sites for hydroxylation is 2. The van der Waals surface area contributed by atoms with E-state index in [0.29, 0.717) is 16.9 Å². The Hall–Kier alpha value is -1.58. The van der Waals surface area contributed by atoms with Crippen LogP contribution in [-0.4, -0.2) is 11.0 Å². The van der Waals surface area contributed by atoms with Crippen LogP contribution in [0.5, 0.6) is 11.6 Å². The number of nitrogens with zero attached hydrogens (tertiary/aromatic N) is 1. The summed E-state index contributed by atoms with van der Waals surface area (Å²) in [5, 5.41) is 4.13. The van der Waals surface area contributed by atoms with Crippen molar-refractivity contribution in [3.05, 3.63) is 52.2 Å². The minimum absolute atomic E-state index is 0.581. The second-order valence-corrected chi connectivity index (χ2v) is 6.10. The number of hydrogen-bond donors (Lipinski definition) is 1. The van der Waals surface area contributed by atoms with E-state index >= 15 is 0 Å². The molecule has 1 aromatic heterocycles. The standard InChI is InChI=1S/C17H19ClN2O/c1-11-5-12(2)7-15(6-11)21-17-8-13(16(18)10-20-17)9-19-14-3-4-14/h5-8,10,14,19H,3-4,9H2,1-2H3. The summed E-state index contributed by atoms with van der Waals surface area (Å²) in [5.74, 6) is 1.39. The van der Waals surface area contributed by atoms with Gasteiger partial charge in [0.15, 0.2) is 0 Å². The van der Waals surface area contributed by atoms with Gasteiger partial charge in [0.1, 0.15) is 5.75 Å². The number of nitrogens with one attached hydrogen (secondary N) is 1. The molecule has 0 saturated heterocycles. The van der Waals surface area contributed by atoms with Crippen molar-refractivity contribution in [3.8, 4) is 11.6 Å². The molecule has 3 rings (SSSR count). The Kier molecular flexibility index (Phi) is 4.13. The van der Waals surface area contributed by atoms with E-state index in [2.05, 4.69) is 30.2 Å². The zero-order valence-corrected chi connectivity index (χ0v) is 13.1. The molecule has 2 aromatic rings. The molecule has 0 atom stereocenters. The zero-order valence-electron chi connectivity index (χ0n) is 12.3. The molecular formula is C17H19ClN2O. The van der Waals surface area contributed by atoms with Crippen LogP contribution in [0.4, 0.5) is 0 Å². The van der Waals surface area contributed by atoms with Gasteiger partial charge in [-0.2, -0.15) is 0 Å². The van der Waals surface area contributed by atoms with Gasteiger partial charge < -0.3 is 10.1 Å². The first-order valence-corrected chi connectivity index (χ1v) is 7.62. The minimum Gasteiger partial charge on any atom is -0.439 e. The number of hydrogen-bond acceptors (Lipinski definition) is 3. The molecule has 110 valence electrons. The number of rotatable bonds is 5. The molecule has 0 spiro atoms. The molecule has 1 N–H and O–H groups in total. The fourth-order valence-electron chi connectivity index (χ4n) is 2.30. The van der Waals surface area contributed by atoms with Gasteiger partial charge in [0, 0.05) is 24.8 Å². The van der Waals surface area contributed by atoms with Crippen molar-refractivity contribution in [2.24, 2.45) is 0 Å². The molecular weight excluding hydrogens is 284 g/mol. The summed E-state index contributed by atoms with van der Waals surface area (Å²) in [6, 6.07) is 8.69. The van der Waals surface area contributed by atoms with Gasteiger partial charge in [0.05, 0.1) is 5.02 Å². The third kappa shape index (κ3) is 3.96. The van der Waals surface area contributed by atoms with E-state index in [1.165, 1.54) is 24.0 Å². The Morgan fingerprint density at radius 3 is 2.57 bits per heavy atom. The Balaban J connectivity index is 1.76. The van der Waals surface area contributed by atoms with Gasteiger partial charge in [0.25, 0.3) is 0 Å². The molecule has 0 unspecified atom stereocenters. The van der Waals surface area contributed by atoms with E-state index in [0.717, 1.165) is 17.9 Å². The molecule has 0 radical (unpaired) electrons. The van der Waals surface area contributed by atoms with E-state index in [9.17, 15) is 0 Å². The van der Waals surface area contributed by atoms with Crippen LogP contribution in [0, 0.1) is 13.8 Å². The first kappa shape index (κ1) is 14.4. The van der Waals surface area contributed by atoms with E-state index < -0.39 is 0 Å². The highest BCUT2D eigenvalue weighted by atomic mass is 35.5. The van der Waals surface area contributed by atoms with E-state index in [1.54, 1.807) is 6.20 Å². The van der Waals surface area contributed by atoms with Gasteiger partial charge in [-0.15, -0.1) is 0 Å². The van der Waals surface area contributed by atoms with E-state index in [-0.39, 0.29) is 0 Å². The molecule has 0 amide bonds. The number of ether oxygens (including phenoxy) is 1. The summed E-state index contributed by atoms with van der Waals surface area (Å²) in [6.07, 6.45) is 4.17. The van der Waals surface area contributed by atoms with Crippen LogP contribution in [0.3, 0.4) is 0 Å². The number of benzene rings is 1. The molecule has 0 bridgehead atoms. The fourth-order valence-corrected chi connectivity index (χ4v) is 2.47. The summed E-state index contributed by atoms with van der Waals surface area (Å²) >= 11 is 6.20. The molecule has 1 heterocycles. The second kappa shape index (κ2) is 6.04. The van der Waals surface area contributed by atoms with Crippen LogP contribution in [0.2, 0.25) is 5.02 Å². The fraction of sp³-hybridized carbons (Fsp3) is 0.353. The number of aromatic nitrogens is 1. The van der Waals surface area contributed by atoms with Crippen LogP contribution < -0.4 is 10.1 Å². The van der Waals surface area contributed by atoms with E-state index in [1.807, 2.05) is 18.2 Å². The van der Waals surface area contributed by atoms with Gasteiger partial charge in [-0.25, -0.2) is 4.98 Å². The average Bonchev–Trinajstić information content (AvgIpc) is 3.22. The third-order valence-electron chi connectivity index (χ3n) is 3.49. The summed E-state index contributed by atoms with van der Waals surface area (Å²) < 4.78 is 5.86. The summed E-state index contributed by atoms with van der Waals surface area (Å²) in [5.41, 5.74) is 3.38. The lowest BCUT2D eigenvalue weighted by atomic mass is 10.1. The van der Waals surface area contributed by atoms with Crippen molar-refractivity contribution < 1.29 is 4.74 Å². The van der Waals surface area contributed by atoms with Crippen molar-refractivity contribution >= 4 is 11.6 Å². The molecule has 0 aliphatic heterocycles. The Morgan fingerprint density at radius 2 is 1.90 bits per heavy atom. The molecule has 1 saturated carbocycles. The minimum atomic E-state index is 0.581.